The summed E-state index contributed by atoms with van der Waals surface area (Å²) >= 11 is 0. The summed E-state index contributed by atoms with van der Waals surface area (Å²) in [5.74, 6) is 0.975. The number of carbonyl (C=O) groups is 2. The summed E-state index contributed by atoms with van der Waals surface area (Å²) in [7, 11) is 1.55. The summed E-state index contributed by atoms with van der Waals surface area (Å²) in [6, 6.07) is 12.8. The van der Waals surface area contributed by atoms with E-state index in [1.807, 2.05) is 30.3 Å². The zero-order valence-corrected chi connectivity index (χ0v) is 18.9. The SMILES string of the molecule is COc1ccccc1OCC(=O)N1CC(=O)N(CC(C)C)CC(OCc2ccccn2)C1. The van der Waals surface area contributed by atoms with Gasteiger partial charge in [-0.2, -0.15) is 0 Å². The Balaban J connectivity index is 1.67. The second-order valence-electron chi connectivity index (χ2n) is 8.16. The fourth-order valence-corrected chi connectivity index (χ4v) is 3.55. The molecule has 1 saturated heterocycles. The van der Waals surface area contributed by atoms with Crippen LogP contribution in [0.5, 0.6) is 11.5 Å². The van der Waals surface area contributed by atoms with Crippen molar-refractivity contribution in [2.24, 2.45) is 5.92 Å². The van der Waals surface area contributed by atoms with Crippen LogP contribution in [0.1, 0.15) is 19.5 Å². The number of nitrogens with zero attached hydrogens (tertiary/aromatic N) is 3. The second-order valence-corrected chi connectivity index (χ2v) is 8.16. The number of pyridine rings is 1. The van der Waals surface area contributed by atoms with Crippen LogP contribution in [0.4, 0.5) is 0 Å². The van der Waals surface area contributed by atoms with E-state index in [0.717, 1.165) is 5.69 Å². The fourth-order valence-electron chi connectivity index (χ4n) is 3.55. The summed E-state index contributed by atoms with van der Waals surface area (Å²) in [6.07, 6.45) is 1.39. The summed E-state index contributed by atoms with van der Waals surface area (Å²) in [5.41, 5.74) is 0.802. The molecule has 1 aromatic carbocycles. The molecule has 0 N–H and O–H groups in total. The van der Waals surface area contributed by atoms with Gasteiger partial charge >= 0.3 is 0 Å². The molecule has 8 heteroatoms. The molecule has 1 fully saturated rings. The second kappa shape index (κ2) is 11.5. The molecule has 0 saturated carbocycles. The topological polar surface area (TPSA) is 81.2 Å². The molecule has 1 aliphatic heterocycles. The first-order chi connectivity index (χ1) is 15.5. The quantitative estimate of drug-likeness (QED) is 0.594. The van der Waals surface area contributed by atoms with Gasteiger partial charge in [0.15, 0.2) is 18.1 Å². The third-order valence-corrected chi connectivity index (χ3v) is 5.08. The minimum absolute atomic E-state index is 0.00425. The monoisotopic (exact) mass is 441 g/mol. The lowest BCUT2D eigenvalue weighted by atomic mass is 10.2. The molecule has 0 radical (unpaired) electrons. The van der Waals surface area contributed by atoms with Gasteiger partial charge in [0, 0.05) is 25.8 Å². The Bertz CT molecular complexity index is 890. The van der Waals surface area contributed by atoms with E-state index in [9.17, 15) is 9.59 Å². The smallest absolute Gasteiger partial charge is 0.261 e. The average Bonchev–Trinajstić information content (AvgIpc) is 2.95. The molecule has 172 valence electrons. The minimum Gasteiger partial charge on any atom is -0.493 e. The molecule has 2 heterocycles. The van der Waals surface area contributed by atoms with E-state index in [1.54, 1.807) is 30.3 Å². The Morgan fingerprint density at radius 2 is 1.88 bits per heavy atom. The number of para-hydroxylation sites is 2. The van der Waals surface area contributed by atoms with Crippen LogP contribution in [0, 0.1) is 5.92 Å². The van der Waals surface area contributed by atoms with Crippen molar-refractivity contribution < 1.29 is 23.8 Å². The lowest BCUT2D eigenvalue weighted by Gasteiger charge is -2.25. The van der Waals surface area contributed by atoms with E-state index < -0.39 is 0 Å². The van der Waals surface area contributed by atoms with E-state index in [1.165, 1.54) is 4.90 Å². The van der Waals surface area contributed by atoms with Crippen LogP contribution < -0.4 is 9.47 Å². The standard InChI is InChI=1S/C24H31N3O5/c1-18(2)12-26-13-20(31-16-19-8-6-7-11-25-19)14-27(15-23(26)28)24(29)17-32-22-10-5-4-9-21(22)30-3/h4-11,18,20H,12-17H2,1-3H3. The first kappa shape index (κ1) is 23.5. The Morgan fingerprint density at radius 3 is 2.56 bits per heavy atom. The van der Waals surface area contributed by atoms with Gasteiger partial charge in [-0.05, 0) is 30.2 Å². The van der Waals surface area contributed by atoms with Gasteiger partial charge in [0.05, 0.1) is 32.1 Å². The van der Waals surface area contributed by atoms with Gasteiger partial charge < -0.3 is 24.0 Å². The molecule has 1 aromatic heterocycles. The van der Waals surface area contributed by atoms with Gasteiger partial charge in [-0.15, -0.1) is 0 Å². The van der Waals surface area contributed by atoms with E-state index in [2.05, 4.69) is 18.8 Å². The molecule has 2 amide bonds. The summed E-state index contributed by atoms with van der Waals surface area (Å²) in [5, 5.41) is 0. The molecular weight excluding hydrogens is 410 g/mol. The first-order valence-electron chi connectivity index (χ1n) is 10.8. The van der Waals surface area contributed by atoms with Gasteiger partial charge in [0.1, 0.15) is 0 Å². The van der Waals surface area contributed by atoms with Crippen molar-refractivity contribution in [3.8, 4) is 11.5 Å². The van der Waals surface area contributed by atoms with Crippen molar-refractivity contribution in [3.05, 3.63) is 54.4 Å². The minimum atomic E-state index is -0.322. The lowest BCUT2D eigenvalue weighted by molar-refractivity contribution is -0.140. The van der Waals surface area contributed by atoms with Crippen LogP contribution in [-0.4, -0.2) is 72.6 Å². The molecule has 2 aromatic rings. The molecule has 1 unspecified atom stereocenters. The van der Waals surface area contributed by atoms with Crippen molar-refractivity contribution in [2.75, 3.05) is 39.9 Å². The number of carbonyl (C=O) groups excluding carboxylic acids is 2. The summed E-state index contributed by atoms with van der Waals surface area (Å²) in [4.78, 5) is 33.4. The molecule has 3 rings (SSSR count). The molecule has 0 bridgehead atoms. The van der Waals surface area contributed by atoms with Crippen molar-refractivity contribution in [3.63, 3.8) is 0 Å². The van der Waals surface area contributed by atoms with Gasteiger partial charge in [-0.3, -0.25) is 14.6 Å². The highest BCUT2D eigenvalue weighted by molar-refractivity contribution is 5.86. The third-order valence-electron chi connectivity index (χ3n) is 5.08. The lowest BCUT2D eigenvalue weighted by Crippen LogP contribution is -2.42. The molecule has 0 aliphatic carbocycles. The fraction of sp³-hybridized carbons (Fsp3) is 0.458. The highest BCUT2D eigenvalue weighted by Gasteiger charge is 2.31. The number of hydrogen-bond acceptors (Lipinski definition) is 6. The van der Waals surface area contributed by atoms with E-state index >= 15 is 0 Å². The van der Waals surface area contributed by atoms with E-state index in [4.69, 9.17) is 14.2 Å². The maximum atomic E-state index is 12.9. The number of aromatic nitrogens is 1. The molecular formula is C24H31N3O5. The number of amides is 2. The number of ether oxygens (including phenoxy) is 3. The van der Waals surface area contributed by atoms with Gasteiger partial charge in [0.25, 0.3) is 5.91 Å². The van der Waals surface area contributed by atoms with Crippen molar-refractivity contribution in [1.29, 1.82) is 0 Å². The Kier molecular flexibility index (Phi) is 8.44. The highest BCUT2D eigenvalue weighted by Crippen LogP contribution is 2.25. The van der Waals surface area contributed by atoms with Crippen molar-refractivity contribution >= 4 is 11.8 Å². The van der Waals surface area contributed by atoms with Crippen LogP contribution >= 0.6 is 0 Å². The van der Waals surface area contributed by atoms with Gasteiger partial charge in [-0.1, -0.05) is 32.0 Å². The Morgan fingerprint density at radius 1 is 1.12 bits per heavy atom. The molecule has 0 spiro atoms. The molecule has 1 aliphatic rings. The Labute approximate surface area is 189 Å². The van der Waals surface area contributed by atoms with Gasteiger partial charge in [0.2, 0.25) is 5.91 Å². The molecule has 32 heavy (non-hydrogen) atoms. The maximum absolute atomic E-state index is 12.9. The van der Waals surface area contributed by atoms with Crippen molar-refractivity contribution in [2.45, 2.75) is 26.6 Å². The van der Waals surface area contributed by atoms with E-state index in [-0.39, 0.29) is 31.1 Å². The Hall–Kier alpha value is -3.13. The largest absolute Gasteiger partial charge is 0.493 e. The number of hydrogen-bond donors (Lipinski definition) is 0. The van der Waals surface area contributed by atoms with Crippen LogP contribution in [-0.2, 0) is 20.9 Å². The van der Waals surface area contributed by atoms with Crippen LogP contribution in [0.2, 0.25) is 0 Å². The summed E-state index contributed by atoms with van der Waals surface area (Å²) in [6.45, 7) is 5.60. The predicted molar refractivity (Wildman–Crippen MR) is 119 cm³/mol. The summed E-state index contributed by atoms with van der Waals surface area (Å²) < 4.78 is 17.0. The molecule has 1 atom stereocenters. The van der Waals surface area contributed by atoms with E-state index in [0.29, 0.717) is 43.7 Å². The van der Waals surface area contributed by atoms with Gasteiger partial charge in [-0.25, -0.2) is 0 Å². The first-order valence-corrected chi connectivity index (χ1v) is 10.8. The normalized spacial score (nSPS) is 16.8. The maximum Gasteiger partial charge on any atom is 0.261 e. The van der Waals surface area contributed by atoms with Crippen LogP contribution in [0.3, 0.4) is 0 Å². The van der Waals surface area contributed by atoms with Crippen LogP contribution in [0.25, 0.3) is 0 Å². The van der Waals surface area contributed by atoms with Crippen molar-refractivity contribution in [1.82, 2.24) is 14.8 Å². The zero-order valence-electron chi connectivity index (χ0n) is 18.9. The number of benzene rings is 1. The highest BCUT2D eigenvalue weighted by atomic mass is 16.5. The average molecular weight is 442 g/mol. The number of rotatable bonds is 9. The third kappa shape index (κ3) is 6.68. The predicted octanol–water partition coefficient (Wildman–Crippen LogP) is 2.38. The number of methoxy groups -OCH3 is 1. The van der Waals surface area contributed by atoms with Crippen LogP contribution in [0.15, 0.2) is 48.7 Å². The zero-order chi connectivity index (χ0) is 22.9. The molecule has 8 nitrogen and oxygen atoms in total.